The van der Waals surface area contributed by atoms with Crippen molar-refractivity contribution in [2.75, 3.05) is 19.7 Å². The Morgan fingerprint density at radius 3 is 2.81 bits per heavy atom. The van der Waals surface area contributed by atoms with Gasteiger partial charge in [-0.3, -0.25) is 9.59 Å². The number of hydrogen-bond acceptors (Lipinski definition) is 5. The minimum Gasteiger partial charge on any atom is -0.494 e. The van der Waals surface area contributed by atoms with Crippen LogP contribution < -0.4 is 14.8 Å². The molecule has 0 saturated carbocycles. The smallest absolute Gasteiger partial charge is 0.243 e. The van der Waals surface area contributed by atoms with Crippen LogP contribution in [-0.4, -0.2) is 53.5 Å². The Balaban J connectivity index is 1.54. The standard InChI is InChI=1S/C29H39N3O4/c1-4-21-15-20(3)9-7-6-8-13-30-28(34)26-18-24(19-32(26)27(33)16-21)36-29-25-11-10-23(35-5-2)17-22(25)12-14-31-29/h6,8,10-12,14,17,20-21,24,26H,4-5,7,9,13,15-16,18-19H2,1-3H3,(H,30,34)/b8-6-/t20-,21-,24-,26+/m1/s1. The van der Waals surface area contributed by atoms with Gasteiger partial charge in [0, 0.05) is 31.0 Å². The first-order valence-corrected chi connectivity index (χ1v) is 13.4. The molecule has 0 unspecified atom stereocenters. The highest BCUT2D eigenvalue weighted by Crippen LogP contribution is 2.31. The molecule has 4 atom stereocenters. The number of fused-ring (bicyclic) bond motifs is 2. The number of ether oxygens (including phenoxy) is 2. The number of amides is 2. The van der Waals surface area contributed by atoms with Crippen LogP contribution in [0.15, 0.2) is 42.6 Å². The summed E-state index contributed by atoms with van der Waals surface area (Å²) >= 11 is 0. The summed E-state index contributed by atoms with van der Waals surface area (Å²) in [5, 5.41) is 4.85. The molecule has 3 heterocycles. The lowest BCUT2D eigenvalue weighted by molar-refractivity contribution is -0.139. The number of nitrogens with zero attached hydrogens (tertiary/aromatic N) is 2. The van der Waals surface area contributed by atoms with Crippen LogP contribution in [-0.2, 0) is 9.59 Å². The summed E-state index contributed by atoms with van der Waals surface area (Å²) in [7, 11) is 0. The second-order valence-corrected chi connectivity index (χ2v) is 10.1. The van der Waals surface area contributed by atoms with Gasteiger partial charge in [-0.05, 0) is 67.7 Å². The molecular formula is C29H39N3O4. The van der Waals surface area contributed by atoms with Crippen LogP contribution in [0.5, 0.6) is 11.6 Å². The molecule has 1 aromatic carbocycles. The summed E-state index contributed by atoms with van der Waals surface area (Å²) < 4.78 is 12.0. The van der Waals surface area contributed by atoms with Crippen LogP contribution >= 0.6 is 0 Å². The highest BCUT2D eigenvalue weighted by atomic mass is 16.5. The van der Waals surface area contributed by atoms with Crippen molar-refractivity contribution >= 4 is 22.6 Å². The van der Waals surface area contributed by atoms with E-state index in [2.05, 4.69) is 30.2 Å². The van der Waals surface area contributed by atoms with E-state index in [1.807, 2.05) is 37.3 Å². The van der Waals surface area contributed by atoms with Crippen molar-refractivity contribution in [3.8, 4) is 11.6 Å². The van der Waals surface area contributed by atoms with Gasteiger partial charge in [0.25, 0.3) is 0 Å². The van der Waals surface area contributed by atoms with Gasteiger partial charge >= 0.3 is 0 Å². The van der Waals surface area contributed by atoms with Gasteiger partial charge in [0.15, 0.2) is 0 Å². The zero-order chi connectivity index (χ0) is 25.5. The predicted octanol–water partition coefficient (Wildman–Crippen LogP) is 4.89. The highest BCUT2D eigenvalue weighted by Gasteiger charge is 2.41. The molecule has 2 amide bonds. The fourth-order valence-corrected chi connectivity index (χ4v) is 5.35. The van der Waals surface area contributed by atoms with E-state index in [9.17, 15) is 9.59 Å². The van der Waals surface area contributed by atoms with E-state index in [4.69, 9.17) is 9.47 Å². The molecule has 0 aliphatic carbocycles. The molecule has 1 aromatic heterocycles. The largest absolute Gasteiger partial charge is 0.494 e. The van der Waals surface area contributed by atoms with Gasteiger partial charge in [-0.25, -0.2) is 4.98 Å². The molecule has 0 spiro atoms. The lowest BCUT2D eigenvalue weighted by atomic mass is 9.88. The molecule has 194 valence electrons. The maximum absolute atomic E-state index is 13.4. The zero-order valence-corrected chi connectivity index (χ0v) is 21.7. The van der Waals surface area contributed by atoms with Gasteiger partial charge in [0.05, 0.1) is 13.2 Å². The van der Waals surface area contributed by atoms with E-state index in [-0.39, 0.29) is 17.9 Å². The van der Waals surface area contributed by atoms with Crippen LogP contribution in [0, 0.1) is 11.8 Å². The van der Waals surface area contributed by atoms with Gasteiger partial charge in [-0.15, -0.1) is 0 Å². The molecule has 7 nitrogen and oxygen atoms in total. The summed E-state index contributed by atoms with van der Waals surface area (Å²) in [6.45, 7) is 7.83. The topological polar surface area (TPSA) is 80.8 Å². The third-order valence-electron chi connectivity index (χ3n) is 7.34. The van der Waals surface area contributed by atoms with Crippen LogP contribution in [0.2, 0.25) is 0 Å². The maximum Gasteiger partial charge on any atom is 0.243 e. The summed E-state index contributed by atoms with van der Waals surface area (Å²) in [4.78, 5) is 32.8. The van der Waals surface area contributed by atoms with Gasteiger partial charge in [-0.2, -0.15) is 0 Å². The molecule has 7 heteroatoms. The Labute approximate surface area is 214 Å². The molecular weight excluding hydrogens is 454 g/mol. The second-order valence-electron chi connectivity index (χ2n) is 10.1. The molecule has 1 saturated heterocycles. The normalized spacial score (nSPS) is 26.7. The zero-order valence-electron chi connectivity index (χ0n) is 21.7. The van der Waals surface area contributed by atoms with Crippen molar-refractivity contribution in [3.05, 3.63) is 42.6 Å². The van der Waals surface area contributed by atoms with Crippen LogP contribution in [0.3, 0.4) is 0 Å². The third-order valence-corrected chi connectivity index (χ3v) is 7.34. The highest BCUT2D eigenvalue weighted by molar-refractivity contribution is 5.89. The van der Waals surface area contributed by atoms with E-state index >= 15 is 0 Å². The molecule has 36 heavy (non-hydrogen) atoms. The molecule has 1 N–H and O–H groups in total. The molecule has 2 aromatic rings. The number of pyridine rings is 1. The van der Waals surface area contributed by atoms with E-state index in [0.717, 1.165) is 42.2 Å². The van der Waals surface area contributed by atoms with E-state index < -0.39 is 6.04 Å². The van der Waals surface area contributed by atoms with Crippen LogP contribution in [0.25, 0.3) is 10.8 Å². The van der Waals surface area contributed by atoms with Crippen molar-refractivity contribution in [2.24, 2.45) is 11.8 Å². The van der Waals surface area contributed by atoms with E-state index in [1.165, 1.54) is 0 Å². The minimum atomic E-state index is -0.534. The summed E-state index contributed by atoms with van der Waals surface area (Å²) in [6.07, 6.45) is 10.6. The summed E-state index contributed by atoms with van der Waals surface area (Å²) in [5.41, 5.74) is 0. The quantitative estimate of drug-likeness (QED) is 0.600. The lowest BCUT2D eigenvalue weighted by Gasteiger charge is -2.27. The number of allylic oxidation sites excluding steroid dienone is 1. The average molecular weight is 494 g/mol. The van der Waals surface area contributed by atoms with Gasteiger partial charge in [-0.1, -0.05) is 32.4 Å². The van der Waals surface area contributed by atoms with Gasteiger partial charge < -0.3 is 19.7 Å². The number of nitrogens with one attached hydrogen (secondary N) is 1. The first-order valence-electron chi connectivity index (χ1n) is 13.4. The van der Waals surface area contributed by atoms with Crippen molar-refractivity contribution in [1.82, 2.24) is 15.2 Å². The second kappa shape index (κ2) is 12.2. The van der Waals surface area contributed by atoms with Gasteiger partial charge in [0.1, 0.15) is 17.9 Å². The van der Waals surface area contributed by atoms with E-state index in [1.54, 1.807) is 11.1 Å². The Bertz CT molecular complexity index is 1090. The van der Waals surface area contributed by atoms with Crippen molar-refractivity contribution in [3.63, 3.8) is 0 Å². The van der Waals surface area contributed by atoms with Crippen molar-refractivity contribution in [1.29, 1.82) is 0 Å². The molecule has 0 bridgehead atoms. The van der Waals surface area contributed by atoms with Gasteiger partial charge in [0.2, 0.25) is 17.7 Å². The Morgan fingerprint density at radius 2 is 2.00 bits per heavy atom. The first kappa shape index (κ1) is 26.0. The van der Waals surface area contributed by atoms with E-state index in [0.29, 0.717) is 50.3 Å². The molecule has 1 fully saturated rings. The maximum atomic E-state index is 13.4. The minimum absolute atomic E-state index is 0.0418. The molecule has 4 rings (SSSR count). The number of carbonyl (C=O) groups is 2. The molecule has 2 aliphatic heterocycles. The summed E-state index contributed by atoms with van der Waals surface area (Å²) in [5.74, 6) is 2.13. The third kappa shape index (κ3) is 6.37. The van der Waals surface area contributed by atoms with Crippen molar-refractivity contribution < 1.29 is 19.1 Å². The van der Waals surface area contributed by atoms with Crippen molar-refractivity contribution in [2.45, 2.75) is 71.4 Å². The van der Waals surface area contributed by atoms with Crippen LogP contribution in [0.4, 0.5) is 0 Å². The fourth-order valence-electron chi connectivity index (χ4n) is 5.35. The molecule has 2 aliphatic rings. The fraction of sp³-hybridized carbons (Fsp3) is 0.552. The monoisotopic (exact) mass is 493 g/mol. The SMILES string of the molecule is CCOc1ccc2c(O[C@@H]3C[C@H]4C(=O)NC/C=C\CC[C@@H](C)C[C@@H](CC)CC(=O)N4C3)nccc2c1. The number of hydrogen-bond donors (Lipinski definition) is 1. The Hall–Kier alpha value is -3.09. The molecule has 0 radical (unpaired) electrons. The van der Waals surface area contributed by atoms with Crippen LogP contribution in [0.1, 0.15) is 59.3 Å². The number of rotatable bonds is 5. The number of benzene rings is 1. The Kier molecular flexibility index (Phi) is 8.83. The number of aromatic nitrogens is 1. The predicted molar refractivity (Wildman–Crippen MR) is 141 cm³/mol. The number of carbonyl (C=O) groups excluding carboxylic acids is 2. The lowest BCUT2D eigenvalue weighted by Crippen LogP contribution is -2.46. The first-order chi connectivity index (χ1) is 17.5. The summed E-state index contributed by atoms with van der Waals surface area (Å²) in [6, 6.07) is 7.23. The average Bonchev–Trinajstić information content (AvgIpc) is 3.29. The Morgan fingerprint density at radius 1 is 1.14 bits per heavy atom.